The second-order valence-corrected chi connectivity index (χ2v) is 3.90. The molecular formula is C9H19NO2S. The number of esters is 1. The Morgan fingerprint density at radius 1 is 1.62 bits per heavy atom. The molecule has 0 heterocycles. The number of methoxy groups -OCH3 is 1. The van der Waals surface area contributed by atoms with E-state index in [-0.39, 0.29) is 5.97 Å². The van der Waals surface area contributed by atoms with E-state index in [0.717, 1.165) is 18.7 Å². The smallest absolute Gasteiger partial charge is 0.305 e. The van der Waals surface area contributed by atoms with Crippen molar-refractivity contribution in [2.75, 3.05) is 25.7 Å². The quantitative estimate of drug-likeness (QED) is 0.502. The van der Waals surface area contributed by atoms with Gasteiger partial charge in [-0.25, -0.2) is 0 Å². The zero-order valence-electron chi connectivity index (χ0n) is 8.63. The van der Waals surface area contributed by atoms with Crippen LogP contribution in [0.1, 0.15) is 19.8 Å². The molecule has 0 aromatic rings. The van der Waals surface area contributed by atoms with E-state index in [1.165, 1.54) is 7.11 Å². The zero-order valence-corrected chi connectivity index (χ0v) is 9.45. The van der Waals surface area contributed by atoms with Crippen molar-refractivity contribution < 1.29 is 9.53 Å². The fourth-order valence-electron chi connectivity index (χ4n) is 0.992. The van der Waals surface area contributed by atoms with Gasteiger partial charge in [0.05, 0.1) is 7.11 Å². The minimum Gasteiger partial charge on any atom is -0.469 e. The third kappa shape index (κ3) is 8.12. The van der Waals surface area contributed by atoms with Crippen molar-refractivity contribution in [3.8, 4) is 0 Å². The van der Waals surface area contributed by atoms with Gasteiger partial charge >= 0.3 is 5.97 Å². The molecule has 0 amide bonds. The summed E-state index contributed by atoms with van der Waals surface area (Å²) >= 11 is 1.82. The highest BCUT2D eigenvalue weighted by Crippen LogP contribution is 1.96. The molecule has 0 saturated carbocycles. The number of carbonyl (C=O) groups is 1. The summed E-state index contributed by atoms with van der Waals surface area (Å²) in [5.74, 6) is 0.984. The number of hydrogen-bond acceptors (Lipinski definition) is 4. The summed E-state index contributed by atoms with van der Waals surface area (Å²) in [6.07, 6.45) is 3.45. The van der Waals surface area contributed by atoms with Crippen LogP contribution in [0.2, 0.25) is 0 Å². The molecule has 0 aromatic carbocycles. The standard InChI is InChI=1S/C9H19NO2S/c1-8(7-13-3)10-6-4-5-9(11)12-2/h8,10H,4-7H2,1-3H3. The van der Waals surface area contributed by atoms with E-state index in [2.05, 4.69) is 23.2 Å². The van der Waals surface area contributed by atoms with Crippen molar-refractivity contribution in [2.24, 2.45) is 0 Å². The zero-order chi connectivity index (χ0) is 10.1. The van der Waals surface area contributed by atoms with E-state index in [0.29, 0.717) is 12.5 Å². The number of carbonyl (C=O) groups excluding carboxylic acids is 1. The van der Waals surface area contributed by atoms with Crippen molar-refractivity contribution in [2.45, 2.75) is 25.8 Å². The molecule has 0 radical (unpaired) electrons. The van der Waals surface area contributed by atoms with Crippen LogP contribution in [-0.4, -0.2) is 37.7 Å². The van der Waals surface area contributed by atoms with Gasteiger partial charge in [-0.3, -0.25) is 4.79 Å². The number of thioether (sulfide) groups is 1. The normalized spacial score (nSPS) is 12.5. The highest BCUT2D eigenvalue weighted by molar-refractivity contribution is 7.98. The Morgan fingerprint density at radius 2 is 2.31 bits per heavy atom. The maximum atomic E-state index is 10.7. The van der Waals surface area contributed by atoms with Crippen molar-refractivity contribution >= 4 is 17.7 Å². The highest BCUT2D eigenvalue weighted by atomic mass is 32.2. The molecule has 0 aliphatic carbocycles. The van der Waals surface area contributed by atoms with Gasteiger partial charge in [0.25, 0.3) is 0 Å². The van der Waals surface area contributed by atoms with Crippen LogP contribution in [0.4, 0.5) is 0 Å². The van der Waals surface area contributed by atoms with Gasteiger partial charge in [0.15, 0.2) is 0 Å². The second-order valence-electron chi connectivity index (χ2n) is 2.99. The van der Waals surface area contributed by atoms with E-state index in [9.17, 15) is 4.79 Å². The molecule has 0 aromatic heterocycles. The molecule has 0 fully saturated rings. The fourth-order valence-corrected chi connectivity index (χ4v) is 1.61. The lowest BCUT2D eigenvalue weighted by Crippen LogP contribution is -2.29. The molecule has 0 bridgehead atoms. The Bertz CT molecular complexity index is 142. The van der Waals surface area contributed by atoms with Crippen LogP contribution in [0.5, 0.6) is 0 Å². The van der Waals surface area contributed by atoms with Crippen molar-refractivity contribution in [1.29, 1.82) is 0 Å². The van der Waals surface area contributed by atoms with E-state index in [4.69, 9.17) is 0 Å². The molecule has 13 heavy (non-hydrogen) atoms. The minimum atomic E-state index is -0.126. The Morgan fingerprint density at radius 3 is 2.85 bits per heavy atom. The molecular weight excluding hydrogens is 186 g/mol. The van der Waals surface area contributed by atoms with E-state index >= 15 is 0 Å². The molecule has 0 aliphatic heterocycles. The van der Waals surface area contributed by atoms with Crippen LogP contribution in [-0.2, 0) is 9.53 Å². The van der Waals surface area contributed by atoms with Gasteiger partial charge in [0.1, 0.15) is 0 Å². The lowest BCUT2D eigenvalue weighted by atomic mass is 10.3. The Kier molecular flexibility index (Phi) is 8.24. The monoisotopic (exact) mass is 205 g/mol. The van der Waals surface area contributed by atoms with Crippen LogP contribution >= 0.6 is 11.8 Å². The topological polar surface area (TPSA) is 38.3 Å². The number of rotatable bonds is 7. The first-order valence-electron chi connectivity index (χ1n) is 4.49. The molecule has 0 rings (SSSR count). The fraction of sp³-hybridized carbons (Fsp3) is 0.889. The van der Waals surface area contributed by atoms with Crippen molar-refractivity contribution in [1.82, 2.24) is 5.32 Å². The first kappa shape index (κ1) is 12.8. The Balaban J connectivity index is 3.20. The lowest BCUT2D eigenvalue weighted by molar-refractivity contribution is -0.140. The third-order valence-electron chi connectivity index (χ3n) is 1.69. The molecule has 78 valence electrons. The number of ether oxygens (including phenoxy) is 1. The van der Waals surface area contributed by atoms with Crippen LogP contribution in [0.3, 0.4) is 0 Å². The Hall–Kier alpha value is -0.220. The summed E-state index contributed by atoms with van der Waals surface area (Å²) in [4.78, 5) is 10.7. The largest absolute Gasteiger partial charge is 0.469 e. The van der Waals surface area contributed by atoms with Crippen LogP contribution < -0.4 is 5.32 Å². The van der Waals surface area contributed by atoms with Crippen molar-refractivity contribution in [3.63, 3.8) is 0 Å². The summed E-state index contributed by atoms with van der Waals surface area (Å²) in [5, 5.41) is 3.33. The van der Waals surface area contributed by atoms with E-state index < -0.39 is 0 Å². The highest BCUT2D eigenvalue weighted by Gasteiger charge is 2.01. The van der Waals surface area contributed by atoms with Gasteiger partial charge in [-0.05, 0) is 26.1 Å². The maximum absolute atomic E-state index is 10.7. The van der Waals surface area contributed by atoms with Crippen molar-refractivity contribution in [3.05, 3.63) is 0 Å². The predicted octanol–water partition coefficient (Wildman–Crippen LogP) is 1.28. The molecule has 1 N–H and O–H groups in total. The van der Waals surface area contributed by atoms with Gasteiger partial charge in [-0.1, -0.05) is 0 Å². The van der Waals surface area contributed by atoms with E-state index in [1.807, 2.05) is 11.8 Å². The van der Waals surface area contributed by atoms with Gasteiger partial charge in [0, 0.05) is 18.2 Å². The van der Waals surface area contributed by atoms with Gasteiger partial charge in [-0.15, -0.1) is 0 Å². The molecule has 3 nitrogen and oxygen atoms in total. The van der Waals surface area contributed by atoms with Gasteiger partial charge in [-0.2, -0.15) is 11.8 Å². The van der Waals surface area contributed by atoms with Crippen LogP contribution in [0.15, 0.2) is 0 Å². The van der Waals surface area contributed by atoms with E-state index in [1.54, 1.807) is 0 Å². The number of hydrogen-bond donors (Lipinski definition) is 1. The lowest BCUT2D eigenvalue weighted by Gasteiger charge is -2.11. The third-order valence-corrected chi connectivity index (χ3v) is 2.53. The molecule has 0 saturated heterocycles. The molecule has 1 atom stereocenters. The summed E-state index contributed by atoms with van der Waals surface area (Å²) in [5.41, 5.74) is 0. The molecule has 4 heteroatoms. The minimum absolute atomic E-state index is 0.126. The van der Waals surface area contributed by atoms with Crippen LogP contribution in [0.25, 0.3) is 0 Å². The average Bonchev–Trinajstić information content (AvgIpc) is 2.12. The average molecular weight is 205 g/mol. The summed E-state index contributed by atoms with van der Waals surface area (Å²) in [6, 6.07) is 0.521. The summed E-state index contributed by atoms with van der Waals surface area (Å²) < 4.78 is 4.53. The van der Waals surface area contributed by atoms with Gasteiger partial charge in [0.2, 0.25) is 0 Å². The SMILES string of the molecule is COC(=O)CCCNC(C)CSC. The first-order valence-corrected chi connectivity index (χ1v) is 5.89. The second kappa shape index (κ2) is 8.38. The summed E-state index contributed by atoms with van der Waals surface area (Å²) in [6.45, 7) is 3.03. The maximum Gasteiger partial charge on any atom is 0.305 e. The summed E-state index contributed by atoms with van der Waals surface area (Å²) in [7, 11) is 1.42. The molecule has 0 spiro atoms. The number of nitrogens with one attached hydrogen (secondary N) is 1. The molecule has 1 unspecified atom stereocenters. The Labute approximate surface area is 84.6 Å². The predicted molar refractivity (Wildman–Crippen MR) is 57.1 cm³/mol. The first-order chi connectivity index (χ1) is 6.20. The van der Waals surface area contributed by atoms with Crippen LogP contribution in [0, 0.1) is 0 Å². The molecule has 0 aliphatic rings. The van der Waals surface area contributed by atoms with Gasteiger partial charge < -0.3 is 10.1 Å².